The third kappa shape index (κ3) is 4.37. The largest absolute Gasteiger partial charge is 0.490 e. The van der Waals surface area contributed by atoms with Gasteiger partial charge in [0.15, 0.2) is 27.3 Å². The highest BCUT2D eigenvalue weighted by Gasteiger charge is 2.34. The normalized spacial score (nSPS) is 16.0. The lowest BCUT2D eigenvalue weighted by Gasteiger charge is -2.15. The molecule has 0 N–H and O–H groups in total. The maximum atomic E-state index is 13.1. The number of benzene rings is 2. The molecule has 2 aliphatic rings. The van der Waals surface area contributed by atoms with E-state index in [0.717, 1.165) is 5.56 Å². The van der Waals surface area contributed by atoms with E-state index in [0.29, 0.717) is 49.0 Å². The van der Waals surface area contributed by atoms with Crippen molar-refractivity contribution in [3.8, 4) is 35.3 Å². The van der Waals surface area contributed by atoms with Crippen LogP contribution in [0.4, 0.5) is 5.69 Å². The van der Waals surface area contributed by atoms with Crippen LogP contribution in [0.1, 0.15) is 12.5 Å². The number of anilines is 1. The molecule has 0 aromatic heterocycles. The summed E-state index contributed by atoms with van der Waals surface area (Å²) in [6, 6.07) is 8.93. The summed E-state index contributed by atoms with van der Waals surface area (Å²) in [4.78, 5) is 15.1. The van der Waals surface area contributed by atoms with Gasteiger partial charge >= 0.3 is 0 Å². The fourth-order valence-electron chi connectivity index (χ4n) is 3.05. The summed E-state index contributed by atoms with van der Waals surface area (Å²) in [6.07, 6.45) is 7.06. The van der Waals surface area contributed by atoms with Crippen molar-refractivity contribution < 1.29 is 23.7 Å². The number of ether oxygens (including phenoxy) is 4. The minimum atomic E-state index is -0.212. The number of thioether (sulfide) groups is 1. The third-order valence-electron chi connectivity index (χ3n) is 4.34. The summed E-state index contributed by atoms with van der Waals surface area (Å²) in [5, 5.41) is 0. The first-order chi connectivity index (χ1) is 15.0. The molecule has 9 heteroatoms. The molecule has 0 bridgehead atoms. The third-order valence-corrected chi connectivity index (χ3v) is 6.23. The van der Waals surface area contributed by atoms with Crippen LogP contribution >= 0.6 is 39.9 Å². The van der Waals surface area contributed by atoms with E-state index in [1.54, 1.807) is 30.3 Å². The van der Waals surface area contributed by atoms with Gasteiger partial charge in [0.05, 0.1) is 21.7 Å². The first kappa shape index (κ1) is 21.6. The van der Waals surface area contributed by atoms with Gasteiger partial charge in [-0.25, -0.2) is 0 Å². The van der Waals surface area contributed by atoms with E-state index in [1.165, 1.54) is 16.7 Å². The van der Waals surface area contributed by atoms with Crippen LogP contribution in [0.5, 0.6) is 23.0 Å². The van der Waals surface area contributed by atoms with E-state index >= 15 is 0 Å². The van der Waals surface area contributed by atoms with Crippen LogP contribution in [0.15, 0.2) is 39.7 Å². The number of thiocarbonyl (C=S) groups is 1. The number of carbonyl (C=O) groups is 1. The zero-order valence-corrected chi connectivity index (χ0v) is 19.6. The van der Waals surface area contributed by atoms with Gasteiger partial charge in [-0.2, -0.15) is 0 Å². The molecule has 1 fully saturated rings. The molecule has 0 radical (unpaired) electrons. The van der Waals surface area contributed by atoms with Gasteiger partial charge in [-0.05, 0) is 58.8 Å². The van der Waals surface area contributed by atoms with Crippen LogP contribution in [0, 0.1) is 12.3 Å². The quantitative estimate of drug-likeness (QED) is 0.303. The molecular formula is C22H16BrNO5S2. The Labute approximate surface area is 197 Å². The van der Waals surface area contributed by atoms with E-state index < -0.39 is 0 Å². The van der Waals surface area contributed by atoms with Gasteiger partial charge in [-0.1, -0.05) is 29.9 Å². The second kappa shape index (κ2) is 9.22. The summed E-state index contributed by atoms with van der Waals surface area (Å²) >= 11 is 10.2. The number of carbonyl (C=O) groups excluding carboxylic acids is 1. The molecule has 1 amide bonds. The molecular weight excluding hydrogens is 502 g/mol. The molecule has 0 atom stereocenters. The van der Waals surface area contributed by atoms with E-state index in [4.69, 9.17) is 37.6 Å². The molecule has 0 saturated carbocycles. The van der Waals surface area contributed by atoms with Crippen molar-refractivity contribution in [2.24, 2.45) is 0 Å². The Balaban J connectivity index is 1.64. The maximum Gasteiger partial charge on any atom is 0.270 e. The molecule has 2 aromatic carbocycles. The Hall–Kier alpha value is -2.67. The van der Waals surface area contributed by atoms with E-state index in [9.17, 15) is 4.79 Å². The molecule has 158 valence electrons. The van der Waals surface area contributed by atoms with Crippen molar-refractivity contribution >= 4 is 61.9 Å². The summed E-state index contributed by atoms with van der Waals surface area (Å²) in [7, 11) is 0. The zero-order valence-electron chi connectivity index (χ0n) is 16.3. The van der Waals surface area contributed by atoms with Crippen LogP contribution in [0.25, 0.3) is 6.08 Å². The molecule has 6 nitrogen and oxygen atoms in total. The standard InChI is InChI=1S/C22H16BrNO5S2/c1-3-7-27-20-15(23)8-13(9-18(20)26-4-2)10-19-21(25)24(22(30)31-19)14-5-6-16-17(11-14)29-12-28-16/h1,5-6,8-11H,4,7,12H2,2H3. The predicted molar refractivity (Wildman–Crippen MR) is 128 cm³/mol. The molecule has 2 heterocycles. The zero-order chi connectivity index (χ0) is 22.0. The summed E-state index contributed by atoms with van der Waals surface area (Å²) in [5.74, 6) is 4.51. The van der Waals surface area contributed by atoms with Gasteiger partial charge in [0.1, 0.15) is 6.61 Å². The molecule has 1 saturated heterocycles. The van der Waals surface area contributed by atoms with Gasteiger partial charge in [0, 0.05) is 6.07 Å². The second-order valence-corrected chi connectivity index (χ2v) is 8.84. The topological polar surface area (TPSA) is 57.2 Å². The maximum absolute atomic E-state index is 13.1. The number of halogens is 1. The lowest BCUT2D eigenvalue weighted by molar-refractivity contribution is -0.113. The lowest BCUT2D eigenvalue weighted by atomic mass is 10.1. The minimum absolute atomic E-state index is 0.117. The number of amides is 1. The van der Waals surface area contributed by atoms with Crippen molar-refractivity contribution in [3.63, 3.8) is 0 Å². The van der Waals surface area contributed by atoms with Crippen LogP contribution in [0.2, 0.25) is 0 Å². The average molecular weight is 518 g/mol. The van der Waals surface area contributed by atoms with Crippen LogP contribution in [-0.4, -0.2) is 30.2 Å². The SMILES string of the molecule is C#CCOc1c(Br)cc(C=C2SC(=S)N(c3ccc4c(c3)OCO4)C2=O)cc1OCC. The lowest BCUT2D eigenvalue weighted by Crippen LogP contribution is -2.27. The number of hydrogen-bond donors (Lipinski definition) is 0. The number of nitrogens with zero attached hydrogens (tertiary/aromatic N) is 1. The molecule has 0 aliphatic carbocycles. The van der Waals surface area contributed by atoms with Crippen molar-refractivity contribution in [1.29, 1.82) is 0 Å². The number of rotatable bonds is 6. The van der Waals surface area contributed by atoms with Gasteiger partial charge in [-0.15, -0.1) is 6.42 Å². The highest BCUT2D eigenvalue weighted by molar-refractivity contribution is 9.10. The molecule has 31 heavy (non-hydrogen) atoms. The summed E-state index contributed by atoms with van der Waals surface area (Å²) < 4.78 is 23.1. The van der Waals surface area contributed by atoms with Crippen molar-refractivity contribution in [2.75, 3.05) is 24.9 Å². The fraction of sp³-hybridized carbons (Fsp3) is 0.182. The molecule has 2 aliphatic heterocycles. The van der Waals surface area contributed by atoms with Gasteiger partial charge in [-0.3, -0.25) is 9.69 Å². The fourth-order valence-corrected chi connectivity index (χ4v) is 4.93. The van der Waals surface area contributed by atoms with Crippen molar-refractivity contribution in [1.82, 2.24) is 0 Å². The monoisotopic (exact) mass is 517 g/mol. The summed E-state index contributed by atoms with van der Waals surface area (Å²) in [5.41, 5.74) is 1.39. The van der Waals surface area contributed by atoms with Gasteiger partial charge < -0.3 is 18.9 Å². The van der Waals surface area contributed by atoms with E-state index in [-0.39, 0.29) is 19.3 Å². The number of terminal acetylenes is 1. The van der Waals surface area contributed by atoms with Crippen molar-refractivity contribution in [2.45, 2.75) is 6.92 Å². The average Bonchev–Trinajstić information content (AvgIpc) is 3.31. The highest BCUT2D eigenvalue weighted by Crippen LogP contribution is 2.42. The molecule has 0 spiro atoms. The van der Waals surface area contributed by atoms with Gasteiger partial charge in [0.2, 0.25) is 6.79 Å². The minimum Gasteiger partial charge on any atom is -0.490 e. The Morgan fingerprint density at radius 2 is 2.10 bits per heavy atom. The Kier molecular flexibility index (Phi) is 6.41. The number of hydrogen-bond acceptors (Lipinski definition) is 7. The highest BCUT2D eigenvalue weighted by atomic mass is 79.9. The van der Waals surface area contributed by atoms with Crippen LogP contribution in [0.3, 0.4) is 0 Å². The van der Waals surface area contributed by atoms with Gasteiger partial charge in [0.25, 0.3) is 5.91 Å². The molecule has 2 aromatic rings. The Morgan fingerprint density at radius 1 is 1.29 bits per heavy atom. The first-order valence-corrected chi connectivity index (χ1v) is 11.2. The molecule has 0 unspecified atom stereocenters. The number of fused-ring (bicyclic) bond motifs is 1. The van der Waals surface area contributed by atoms with E-state index in [1.807, 2.05) is 13.0 Å². The second-order valence-electron chi connectivity index (χ2n) is 6.31. The summed E-state index contributed by atoms with van der Waals surface area (Å²) in [6.45, 7) is 2.61. The Morgan fingerprint density at radius 3 is 2.87 bits per heavy atom. The van der Waals surface area contributed by atoms with Crippen molar-refractivity contribution in [3.05, 3.63) is 45.3 Å². The smallest absolute Gasteiger partial charge is 0.270 e. The Bertz CT molecular complexity index is 1140. The van der Waals surface area contributed by atoms with E-state index in [2.05, 4.69) is 21.9 Å². The molecule has 4 rings (SSSR count). The van der Waals surface area contributed by atoms with Crippen LogP contribution in [-0.2, 0) is 4.79 Å². The predicted octanol–water partition coefficient (Wildman–Crippen LogP) is 4.99. The van der Waals surface area contributed by atoms with Crippen LogP contribution < -0.4 is 23.8 Å². The first-order valence-electron chi connectivity index (χ1n) is 9.22.